The Bertz CT molecular complexity index is 795. The Hall–Kier alpha value is -1.88. The number of aliphatic imine (C=N–C) groups is 1. The van der Waals surface area contributed by atoms with Crippen molar-refractivity contribution >= 4 is 29.9 Å². The summed E-state index contributed by atoms with van der Waals surface area (Å²) in [4.78, 5) is 9.11. The third-order valence-electron chi connectivity index (χ3n) is 4.36. The van der Waals surface area contributed by atoms with Gasteiger partial charge >= 0.3 is 0 Å². The van der Waals surface area contributed by atoms with Crippen molar-refractivity contribution in [1.29, 1.82) is 0 Å². The lowest BCUT2D eigenvalue weighted by atomic mass is 10.1. The Kier molecular flexibility index (Phi) is 13.1. The van der Waals surface area contributed by atoms with E-state index in [4.69, 9.17) is 19.0 Å². The third kappa shape index (κ3) is 9.86. The SMILES string of the molecule is CCNC(=NCc1ccc(C)cc1OCCCOC)NCCc1nc(C(C)C)no1.I. The van der Waals surface area contributed by atoms with Crippen LogP contribution < -0.4 is 15.4 Å². The maximum absolute atomic E-state index is 5.96. The van der Waals surface area contributed by atoms with Crippen LogP contribution in [-0.2, 0) is 17.7 Å². The van der Waals surface area contributed by atoms with Gasteiger partial charge in [-0.15, -0.1) is 24.0 Å². The molecule has 0 aliphatic rings. The first-order valence-electron chi connectivity index (χ1n) is 10.6. The molecule has 1 heterocycles. The summed E-state index contributed by atoms with van der Waals surface area (Å²) in [5.74, 6) is 3.25. The second-order valence-corrected chi connectivity index (χ2v) is 7.38. The van der Waals surface area contributed by atoms with Gasteiger partial charge < -0.3 is 24.6 Å². The molecule has 2 rings (SSSR count). The van der Waals surface area contributed by atoms with Crippen molar-refractivity contribution in [3.8, 4) is 5.75 Å². The van der Waals surface area contributed by atoms with E-state index in [-0.39, 0.29) is 29.9 Å². The second kappa shape index (κ2) is 15.0. The Morgan fingerprint density at radius 1 is 1.23 bits per heavy atom. The van der Waals surface area contributed by atoms with Gasteiger partial charge in [0, 0.05) is 51.1 Å². The van der Waals surface area contributed by atoms with E-state index in [0.29, 0.717) is 38.6 Å². The minimum atomic E-state index is 0. The van der Waals surface area contributed by atoms with Gasteiger partial charge in [-0.3, -0.25) is 0 Å². The molecule has 0 aliphatic carbocycles. The third-order valence-corrected chi connectivity index (χ3v) is 4.36. The minimum Gasteiger partial charge on any atom is -0.493 e. The number of nitrogens with one attached hydrogen (secondary N) is 2. The number of aromatic nitrogens is 2. The fourth-order valence-corrected chi connectivity index (χ4v) is 2.71. The monoisotopic (exact) mass is 545 g/mol. The van der Waals surface area contributed by atoms with Gasteiger partial charge in [0.25, 0.3) is 0 Å². The topological polar surface area (TPSA) is 93.8 Å². The molecule has 1 aromatic heterocycles. The van der Waals surface area contributed by atoms with Crippen molar-refractivity contribution in [2.75, 3.05) is 33.4 Å². The van der Waals surface area contributed by atoms with Crippen molar-refractivity contribution in [3.05, 3.63) is 41.0 Å². The highest BCUT2D eigenvalue weighted by Gasteiger charge is 2.10. The quantitative estimate of drug-likeness (QED) is 0.181. The highest BCUT2D eigenvalue weighted by molar-refractivity contribution is 14.0. The molecule has 174 valence electrons. The number of nitrogens with zero attached hydrogens (tertiary/aromatic N) is 3. The van der Waals surface area contributed by atoms with Gasteiger partial charge in [0.1, 0.15) is 5.75 Å². The van der Waals surface area contributed by atoms with Crippen LogP contribution in [0.1, 0.15) is 56.0 Å². The van der Waals surface area contributed by atoms with E-state index in [2.05, 4.69) is 45.9 Å². The zero-order valence-corrected chi connectivity index (χ0v) is 21.6. The molecule has 0 radical (unpaired) electrons. The van der Waals surface area contributed by atoms with E-state index in [1.807, 2.05) is 20.8 Å². The van der Waals surface area contributed by atoms with E-state index < -0.39 is 0 Å². The number of benzene rings is 1. The normalized spacial score (nSPS) is 11.4. The summed E-state index contributed by atoms with van der Waals surface area (Å²) in [6.45, 7) is 11.4. The zero-order valence-electron chi connectivity index (χ0n) is 19.2. The molecule has 0 saturated carbocycles. The van der Waals surface area contributed by atoms with Crippen molar-refractivity contribution in [1.82, 2.24) is 20.8 Å². The van der Waals surface area contributed by atoms with Crippen LogP contribution in [-0.4, -0.2) is 49.5 Å². The summed E-state index contributed by atoms with van der Waals surface area (Å²) >= 11 is 0. The van der Waals surface area contributed by atoms with Gasteiger partial charge in [0.05, 0.1) is 13.2 Å². The van der Waals surface area contributed by atoms with Crippen molar-refractivity contribution in [3.63, 3.8) is 0 Å². The number of aryl methyl sites for hydroxylation is 1. The summed E-state index contributed by atoms with van der Waals surface area (Å²) in [6.07, 6.45) is 1.49. The van der Waals surface area contributed by atoms with E-state index >= 15 is 0 Å². The summed E-state index contributed by atoms with van der Waals surface area (Å²) in [7, 11) is 1.70. The number of guanidine groups is 1. The van der Waals surface area contributed by atoms with E-state index in [0.717, 1.165) is 41.6 Å². The fourth-order valence-electron chi connectivity index (χ4n) is 2.71. The lowest BCUT2D eigenvalue weighted by molar-refractivity contribution is 0.172. The smallest absolute Gasteiger partial charge is 0.228 e. The predicted octanol–water partition coefficient (Wildman–Crippen LogP) is 3.83. The largest absolute Gasteiger partial charge is 0.493 e. The van der Waals surface area contributed by atoms with Crippen LogP contribution in [0.25, 0.3) is 0 Å². The number of hydrogen-bond acceptors (Lipinski definition) is 6. The second-order valence-electron chi connectivity index (χ2n) is 7.38. The molecule has 2 aromatic rings. The molecule has 1 aromatic carbocycles. The molecule has 9 heteroatoms. The number of halogens is 1. The van der Waals surface area contributed by atoms with Crippen LogP contribution in [0.2, 0.25) is 0 Å². The molecule has 2 N–H and O–H groups in total. The maximum Gasteiger partial charge on any atom is 0.228 e. The Morgan fingerprint density at radius 3 is 2.71 bits per heavy atom. The highest BCUT2D eigenvalue weighted by Crippen LogP contribution is 2.21. The zero-order chi connectivity index (χ0) is 21.8. The maximum atomic E-state index is 5.96. The average Bonchev–Trinajstić information content (AvgIpc) is 3.20. The van der Waals surface area contributed by atoms with Gasteiger partial charge in [-0.25, -0.2) is 4.99 Å². The van der Waals surface area contributed by atoms with Gasteiger partial charge in [0.2, 0.25) is 5.89 Å². The number of methoxy groups -OCH3 is 1. The first kappa shape index (κ1) is 27.2. The van der Waals surface area contributed by atoms with Crippen molar-refractivity contribution < 1.29 is 14.0 Å². The lowest BCUT2D eigenvalue weighted by Crippen LogP contribution is -2.38. The van der Waals surface area contributed by atoms with Crippen LogP contribution in [0.3, 0.4) is 0 Å². The van der Waals surface area contributed by atoms with Gasteiger partial charge in [-0.2, -0.15) is 4.98 Å². The molecule has 0 spiro atoms. The fraction of sp³-hybridized carbons (Fsp3) is 0.591. The molecule has 0 bridgehead atoms. The number of ether oxygens (including phenoxy) is 2. The Labute approximate surface area is 202 Å². The first-order chi connectivity index (χ1) is 14.5. The molecule has 0 aliphatic heterocycles. The lowest BCUT2D eigenvalue weighted by Gasteiger charge is -2.13. The summed E-state index contributed by atoms with van der Waals surface area (Å²) in [5.41, 5.74) is 2.21. The van der Waals surface area contributed by atoms with E-state index in [1.54, 1.807) is 7.11 Å². The number of hydrogen-bond donors (Lipinski definition) is 2. The summed E-state index contributed by atoms with van der Waals surface area (Å²) in [6, 6.07) is 6.20. The molecule has 31 heavy (non-hydrogen) atoms. The van der Waals surface area contributed by atoms with E-state index in [9.17, 15) is 0 Å². The summed E-state index contributed by atoms with van der Waals surface area (Å²) < 4.78 is 16.3. The van der Waals surface area contributed by atoms with Crippen LogP contribution in [0.15, 0.2) is 27.7 Å². The Morgan fingerprint density at radius 2 is 2.03 bits per heavy atom. The molecule has 0 atom stereocenters. The standard InChI is InChI=1S/C22H35N5O3.HI/c1-6-23-22(24-11-10-20-26-21(16(2)3)27-30-20)25-15-18-9-8-17(4)14-19(18)29-13-7-12-28-5;/h8-9,14,16H,6-7,10-13,15H2,1-5H3,(H2,23,24,25);1H. The molecule has 0 amide bonds. The van der Waals surface area contributed by atoms with Gasteiger partial charge in [-0.05, 0) is 25.5 Å². The molecule has 0 unspecified atom stereocenters. The van der Waals surface area contributed by atoms with Crippen LogP contribution in [0, 0.1) is 6.92 Å². The van der Waals surface area contributed by atoms with Crippen LogP contribution in [0.5, 0.6) is 5.75 Å². The minimum absolute atomic E-state index is 0. The molecule has 0 saturated heterocycles. The van der Waals surface area contributed by atoms with Crippen molar-refractivity contribution in [2.45, 2.75) is 53.0 Å². The molecule has 0 fully saturated rings. The Balaban J connectivity index is 0.00000480. The average molecular weight is 545 g/mol. The molecule has 8 nitrogen and oxygen atoms in total. The van der Waals surface area contributed by atoms with Crippen LogP contribution >= 0.6 is 24.0 Å². The molecular formula is C22H36IN5O3. The van der Waals surface area contributed by atoms with Gasteiger partial charge in [-0.1, -0.05) is 31.1 Å². The summed E-state index contributed by atoms with van der Waals surface area (Å²) in [5, 5.41) is 10.6. The van der Waals surface area contributed by atoms with Crippen LogP contribution in [0.4, 0.5) is 0 Å². The molecular weight excluding hydrogens is 509 g/mol. The highest BCUT2D eigenvalue weighted by atomic mass is 127. The van der Waals surface area contributed by atoms with E-state index in [1.165, 1.54) is 0 Å². The van der Waals surface area contributed by atoms with Gasteiger partial charge in [0.15, 0.2) is 11.8 Å². The van der Waals surface area contributed by atoms with Crippen molar-refractivity contribution in [2.24, 2.45) is 4.99 Å². The first-order valence-corrected chi connectivity index (χ1v) is 10.6. The number of rotatable bonds is 12. The predicted molar refractivity (Wildman–Crippen MR) is 133 cm³/mol.